The van der Waals surface area contributed by atoms with Crippen LogP contribution in [-0.2, 0) is 16.1 Å². The molecule has 0 amide bonds. The highest BCUT2D eigenvalue weighted by Crippen LogP contribution is 2.14. The molecular formula is C11H12F2N2O2. The fourth-order valence-corrected chi connectivity index (χ4v) is 1.16. The predicted molar refractivity (Wildman–Crippen MR) is 55.7 cm³/mol. The van der Waals surface area contributed by atoms with Crippen molar-refractivity contribution in [3.05, 3.63) is 34.9 Å². The average molecular weight is 242 g/mol. The summed E-state index contributed by atoms with van der Waals surface area (Å²) < 4.78 is 31.4. The minimum absolute atomic E-state index is 0.0518. The summed E-state index contributed by atoms with van der Waals surface area (Å²) in [5.74, 6) is -1.55. The summed E-state index contributed by atoms with van der Waals surface area (Å²) in [6.45, 7) is 0.536. The Kier molecular flexibility index (Phi) is 5.49. The Morgan fingerprint density at radius 3 is 2.47 bits per heavy atom. The van der Waals surface area contributed by atoms with Gasteiger partial charge in [0.05, 0.1) is 31.4 Å². The van der Waals surface area contributed by atoms with E-state index in [2.05, 4.69) is 5.48 Å². The molecule has 0 fully saturated rings. The van der Waals surface area contributed by atoms with Crippen LogP contribution in [0.3, 0.4) is 0 Å². The highest BCUT2D eigenvalue weighted by Gasteiger charge is 2.10. The first-order chi connectivity index (χ1) is 8.19. The van der Waals surface area contributed by atoms with Gasteiger partial charge in [0.2, 0.25) is 0 Å². The Morgan fingerprint density at radius 1 is 1.29 bits per heavy atom. The van der Waals surface area contributed by atoms with E-state index in [0.717, 1.165) is 12.1 Å². The van der Waals surface area contributed by atoms with Gasteiger partial charge in [-0.3, -0.25) is 4.84 Å². The highest BCUT2D eigenvalue weighted by atomic mass is 19.1. The number of hydrogen-bond donors (Lipinski definition) is 1. The number of nitrogens with zero attached hydrogens (tertiary/aromatic N) is 1. The molecule has 0 radical (unpaired) electrons. The normalized spacial score (nSPS) is 10.2. The molecule has 0 bridgehead atoms. The van der Waals surface area contributed by atoms with E-state index >= 15 is 0 Å². The van der Waals surface area contributed by atoms with Crippen molar-refractivity contribution in [3.63, 3.8) is 0 Å². The molecule has 0 aliphatic heterocycles. The second kappa shape index (κ2) is 6.91. The number of methoxy groups -OCH3 is 1. The summed E-state index contributed by atoms with van der Waals surface area (Å²) in [6, 6.07) is 3.63. The minimum Gasteiger partial charge on any atom is -0.382 e. The van der Waals surface area contributed by atoms with Gasteiger partial charge in [-0.1, -0.05) is 0 Å². The van der Waals surface area contributed by atoms with Crippen LogP contribution < -0.4 is 5.48 Å². The van der Waals surface area contributed by atoms with Crippen molar-refractivity contribution in [2.24, 2.45) is 0 Å². The third-order valence-electron chi connectivity index (χ3n) is 2.01. The predicted octanol–water partition coefficient (Wildman–Crippen LogP) is 1.50. The molecule has 0 aliphatic rings. The van der Waals surface area contributed by atoms with E-state index in [0.29, 0.717) is 6.61 Å². The molecule has 0 heterocycles. The lowest BCUT2D eigenvalue weighted by molar-refractivity contribution is 0.00266. The lowest BCUT2D eigenvalue weighted by atomic mass is 10.1. The van der Waals surface area contributed by atoms with Crippen molar-refractivity contribution < 1.29 is 18.4 Å². The molecular weight excluding hydrogens is 230 g/mol. The van der Waals surface area contributed by atoms with Gasteiger partial charge in [-0.05, 0) is 12.1 Å². The summed E-state index contributed by atoms with van der Waals surface area (Å²) in [5.41, 5.74) is 2.20. The molecule has 1 aromatic rings. The second-order valence-corrected chi connectivity index (χ2v) is 3.19. The Bertz CT molecular complexity index is 395. The number of hydrogen-bond acceptors (Lipinski definition) is 4. The molecule has 1 rings (SSSR count). The van der Waals surface area contributed by atoms with Gasteiger partial charge in [0.15, 0.2) is 0 Å². The number of nitriles is 1. The first-order valence-electron chi connectivity index (χ1n) is 4.90. The SMILES string of the molecule is COCCONCc1c(F)cc(C#N)cc1F. The molecule has 0 saturated carbocycles. The van der Waals surface area contributed by atoms with E-state index in [1.165, 1.54) is 7.11 Å². The van der Waals surface area contributed by atoms with Gasteiger partial charge in [-0.15, -0.1) is 0 Å². The standard InChI is InChI=1S/C11H12F2N2O2/c1-16-2-3-17-15-7-9-10(12)4-8(6-14)5-11(9)13/h4-5,15H,2-3,7H2,1H3. The van der Waals surface area contributed by atoms with E-state index in [4.69, 9.17) is 14.8 Å². The molecule has 1 N–H and O–H groups in total. The van der Waals surface area contributed by atoms with E-state index in [1.807, 2.05) is 0 Å². The van der Waals surface area contributed by atoms with Crippen LogP contribution in [0, 0.1) is 23.0 Å². The zero-order valence-electron chi connectivity index (χ0n) is 9.30. The molecule has 0 saturated heterocycles. The number of nitrogens with one attached hydrogen (secondary N) is 1. The number of benzene rings is 1. The van der Waals surface area contributed by atoms with Crippen LogP contribution >= 0.6 is 0 Å². The second-order valence-electron chi connectivity index (χ2n) is 3.19. The molecule has 0 unspecified atom stereocenters. The molecule has 92 valence electrons. The maximum atomic E-state index is 13.4. The maximum Gasteiger partial charge on any atom is 0.132 e. The van der Waals surface area contributed by atoms with Crippen LogP contribution in [0.4, 0.5) is 8.78 Å². The molecule has 1 aromatic carbocycles. The minimum atomic E-state index is -0.774. The van der Waals surface area contributed by atoms with Gasteiger partial charge in [0, 0.05) is 12.7 Å². The van der Waals surface area contributed by atoms with Crippen molar-refractivity contribution in [1.82, 2.24) is 5.48 Å². The van der Waals surface area contributed by atoms with Gasteiger partial charge >= 0.3 is 0 Å². The topological polar surface area (TPSA) is 54.3 Å². The van der Waals surface area contributed by atoms with Crippen LogP contribution in [0.15, 0.2) is 12.1 Å². The lowest BCUT2D eigenvalue weighted by Gasteiger charge is -2.07. The summed E-state index contributed by atoms with van der Waals surface area (Å²) in [5, 5.41) is 8.51. The smallest absolute Gasteiger partial charge is 0.132 e. The van der Waals surface area contributed by atoms with Crippen molar-refractivity contribution in [1.29, 1.82) is 5.26 Å². The van der Waals surface area contributed by atoms with Crippen LogP contribution in [0.1, 0.15) is 11.1 Å². The van der Waals surface area contributed by atoms with Gasteiger partial charge in [0.25, 0.3) is 0 Å². The highest BCUT2D eigenvalue weighted by molar-refractivity contribution is 5.34. The Balaban J connectivity index is 2.57. The largest absolute Gasteiger partial charge is 0.382 e. The molecule has 6 heteroatoms. The lowest BCUT2D eigenvalue weighted by Crippen LogP contribution is -2.18. The monoisotopic (exact) mass is 242 g/mol. The molecule has 0 atom stereocenters. The summed E-state index contributed by atoms with van der Waals surface area (Å²) >= 11 is 0. The molecule has 0 aromatic heterocycles. The summed E-state index contributed by atoms with van der Waals surface area (Å²) in [7, 11) is 1.52. The zero-order valence-corrected chi connectivity index (χ0v) is 9.30. The molecule has 4 nitrogen and oxygen atoms in total. The Hall–Kier alpha value is -1.55. The van der Waals surface area contributed by atoms with Crippen LogP contribution in [0.25, 0.3) is 0 Å². The first-order valence-corrected chi connectivity index (χ1v) is 4.90. The van der Waals surface area contributed by atoms with Gasteiger partial charge < -0.3 is 4.74 Å². The molecule has 0 spiro atoms. The summed E-state index contributed by atoms with van der Waals surface area (Å²) in [4.78, 5) is 4.87. The van der Waals surface area contributed by atoms with E-state index < -0.39 is 11.6 Å². The van der Waals surface area contributed by atoms with E-state index in [-0.39, 0.29) is 24.3 Å². The van der Waals surface area contributed by atoms with Gasteiger partial charge in [0.1, 0.15) is 11.6 Å². The van der Waals surface area contributed by atoms with Crippen molar-refractivity contribution in [2.45, 2.75) is 6.54 Å². The first kappa shape index (κ1) is 13.5. The average Bonchev–Trinajstić information content (AvgIpc) is 2.31. The number of hydroxylamine groups is 1. The van der Waals surface area contributed by atoms with Gasteiger partial charge in [-0.25, -0.2) is 8.78 Å². The Labute approximate surface area is 97.7 Å². The molecule has 0 aliphatic carbocycles. The third-order valence-corrected chi connectivity index (χ3v) is 2.01. The van der Waals surface area contributed by atoms with Crippen LogP contribution in [0.2, 0.25) is 0 Å². The summed E-state index contributed by atoms with van der Waals surface area (Å²) in [6.07, 6.45) is 0. The zero-order chi connectivity index (χ0) is 12.7. The maximum absolute atomic E-state index is 13.4. The van der Waals surface area contributed by atoms with Crippen LogP contribution in [0.5, 0.6) is 0 Å². The van der Waals surface area contributed by atoms with Crippen molar-refractivity contribution >= 4 is 0 Å². The fourth-order valence-electron chi connectivity index (χ4n) is 1.16. The van der Waals surface area contributed by atoms with Gasteiger partial charge in [-0.2, -0.15) is 10.7 Å². The Morgan fingerprint density at radius 2 is 1.94 bits per heavy atom. The van der Waals surface area contributed by atoms with E-state index in [1.54, 1.807) is 6.07 Å². The molecule has 17 heavy (non-hydrogen) atoms. The van der Waals surface area contributed by atoms with Crippen molar-refractivity contribution in [3.8, 4) is 6.07 Å². The number of halogens is 2. The number of ether oxygens (including phenoxy) is 1. The van der Waals surface area contributed by atoms with Crippen LogP contribution in [-0.4, -0.2) is 20.3 Å². The quantitative estimate of drug-likeness (QED) is 0.606. The fraction of sp³-hybridized carbons (Fsp3) is 0.364. The van der Waals surface area contributed by atoms with E-state index in [9.17, 15) is 8.78 Å². The third kappa shape index (κ3) is 4.07. The van der Waals surface area contributed by atoms with Crippen molar-refractivity contribution in [2.75, 3.05) is 20.3 Å². The number of rotatable bonds is 6.